The average molecular weight is 300 g/mol. The van der Waals surface area contributed by atoms with Crippen molar-refractivity contribution in [2.75, 3.05) is 13.2 Å². The summed E-state index contributed by atoms with van der Waals surface area (Å²) in [6.07, 6.45) is -0.594. The van der Waals surface area contributed by atoms with Gasteiger partial charge in [-0.25, -0.2) is 0 Å². The normalized spacial score (nSPS) is 12.9. The van der Waals surface area contributed by atoms with E-state index in [2.05, 4.69) is 5.32 Å². The minimum atomic E-state index is -0.594. The number of amides is 1. The quantitative estimate of drug-likeness (QED) is 0.878. The molecule has 1 aromatic carbocycles. The lowest BCUT2D eigenvalue weighted by molar-refractivity contribution is -0.123. The van der Waals surface area contributed by atoms with E-state index in [9.17, 15) is 9.90 Å². The highest BCUT2D eigenvalue weighted by atomic mass is 35.5. The molecule has 1 aromatic rings. The van der Waals surface area contributed by atoms with Crippen LogP contribution in [0, 0.1) is 12.3 Å². The Bertz CT molecular complexity index is 469. The molecule has 1 amide bonds. The van der Waals surface area contributed by atoms with E-state index in [4.69, 9.17) is 16.3 Å². The van der Waals surface area contributed by atoms with Crippen LogP contribution in [0.4, 0.5) is 0 Å². The van der Waals surface area contributed by atoms with Gasteiger partial charge in [-0.1, -0.05) is 32.4 Å². The fourth-order valence-corrected chi connectivity index (χ4v) is 1.71. The van der Waals surface area contributed by atoms with Gasteiger partial charge in [-0.3, -0.25) is 4.79 Å². The Morgan fingerprint density at radius 1 is 1.45 bits per heavy atom. The zero-order chi connectivity index (χ0) is 15.3. The van der Waals surface area contributed by atoms with Crippen LogP contribution in [0.5, 0.6) is 5.75 Å². The highest BCUT2D eigenvalue weighted by Crippen LogP contribution is 2.21. The van der Waals surface area contributed by atoms with Crippen molar-refractivity contribution in [3.63, 3.8) is 0 Å². The molecule has 0 saturated carbocycles. The number of rotatable bonds is 5. The monoisotopic (exact) mass is 299 g/mol. The van der Waals surface area contributed by atoms with Gasteiger partial charge in [0.1, 0.15) is 5.75 Å². The molecule has 5 heteroatoms. The molecule has 0 fully saturated rings. The summed E-state index contributed by atoms with van der Waals surface area (Å²) in [6, 6.07) is 5.22. The first kappa shape index (κ1) is 16.8. The molecule has 1 unspecified atom stereocenters. The first-order chi connectivity index (χ1) is 9.20. The standard InChI is InChI=1S/C15H22ClNO3/c1-10-7-11(16)5-6-12(10)20-9-14(19)17-8-13(18)15(2,3)4/h5-7,13,18H,8-9H2,1-4H3,(H,17,19). The number of hydrogen-bond acceptors (Lipinski definition) is 3. The van der Waals surface area contributed by atoms with Crippen LogP contribution in [0.2, 0.25) is 5.02 Å². The van der Waals surface area contributed by atoms with Crippen molar-refractivity contribution < 1.29 is 14.6 Å². The maximum absolute atomic E-state index is 11.7. The fourth-order valence-electron chi connectivity index (χ4n) is 1.49. The number of hydrogen-bond donors (Lipinski definition) is 2. The first-order valence-corrected chi connectivity index (χ1v) is 6.91. The molecule has 0 aromatic heterocycles. The van der Waals surface area contributed by atoms with E-state index in [1.165, 1.54) is 0 Å². The number of aliphatic hydroxyl groups is 1. The molecule has 0 aliphatic heterocycles. The van der Waals surface area contributed by atoms with E-state index >= 15 is 0 Å². The van der Waals surface area contributed by atoms with Gasteiger partial charge in [0, 0.05) is 11.6 Å². The largest absolute Gasteiger partial charge is 0.484 e. The lowest BCUT2D eigenvalue weighted by Gasteiger charge is -2.25. The molecule has 0 bridgehead atoms. The average Bonchev–Trinajstić information content (AvgIpc) is 2.33. The van der Waals surface area contributed by atoms with Gasteiger partial charge >= 0.3 is 0 Å². The third-order valence-electron chi connectivity index (χ3n) is 2.99. The van der Waals surface area contributed by atoms with E-state index in [0.29, 0.717) is 10.8 Å². The van der Waals surface area contributed by atoms with Gasteiger partial charge in [-0.2, -0.15) is 0 Å². The molecule has 0 saturated heterocycles. The number of aryl methyl sites for hydroxylation is 1. The van der Waals surface area contributed by atoms with Gasteiger partial charge in [-0.05, 0) is 36.1 Å². The fraction of sp³-hybridized carbons (Fsp3) is 0.533. The molecule has 1 atom stereocenters. The highest BCUT2D eigenvalue weighted by molar-refractivity contribution is 6.30. The second-order valence-corrected chi connectivity index (χ2v) is 6.32. The van der Waals surface area contributed by atoms with E-state index in [0.717, 1.165) is 5.56 Å². The summed E-state index contributed by atoms with van der Waals surface area (Å²) in [7, 11) is 0. The molecule has 0 heterocycles. The minimum absolute atomic E-state index is 0.0840. The van der Waals surface area contributed by atoms with Crippen molar-refractivity contribution in [3.8, 4) is 5.75 Å². The third kappa shape index (κ3) is 5.39. The van der Waals surface area contributed by atoms with Gasteiger partial charge in [0.25, 0.3) is 5.91 Å². The second kappa shape index (κ2) is 6.95. The van der Waals surface area contributed by atoms with Crippen LogP contribution in [0.25, 0.3) is 0 Å². The lowest BCUT2D eigenvalue weighted by Crippen LogP contribution is -2.40. The van der Waals surface area contributed by atoms with Crippen LogP contribution in [0.15, 0.2) is 18.2 Å². The molecule has 20 heavy (non-hydrogen) atoms. The topological polar surface area (TPSA) is 58.6 Å². The summed E-state index contributed by atoms with van der Waals surface area (Å²) in [6.45, 7) is 7.74. The zero-order valence-electron chi connectivity index (χ0n) is 12.4. The van der Waals surface area contributed by atoms with Crippen LogP contribution in [0.3, 0.4) is 0 Å². The third-order valence-corrected chi connectivity index (χ3v) is 3.22. The Balaban J connectivity index is 2.40. The zero-order valence-corrected chi connectivity index (χ0v) is 13.1. The molecule has 0 spiro atoms. The van der Waals surface area contributed by atoms with E-state index in [1.54, 1.807) is 18.2 Å². The minimum Gasteiger partial charge on any atom is -0.484 e. The van der Waals surface area contributed by atoms with Crippen molar-refractivity contribution in [2.24, 2.45) is 5.41 Å². The molecule has 1 rings (SSSR count). The molecule has 2 N–H and O–H groups in total. The first-order valence-electron chi connectivity index (χ1n) is 6.54. The predicted octanol–water partition coefficient (Wildman–Crippen LogP) is 2.55. The number of aliphatic hydroxyl groups excluding tert-OH is 1. The van der Waals surface area contributed by atoms with E-state index in [1.807, 2.05) is 27.7 Å². The predicted molar refractivity (Wildman–Crippen MR) is 80.2 cm³/mol. The van der Waals surface area contributed by atoms with Crippen LogP contribution in [-0.4, -0.2) is 30.3 Å². The Morgan fingerprint density at radius 3 is 2.65 bits per heavy atom. The Kier molecular flexibility index (Phi) is 5.84. The summed E-state index contributed by atoms with van der Waals surface area (Å²) in [5.41, 5.74) is 0.612. The van der Waals surface area contributed by atoms with Gasteiger partial charge in [-0.15, -0.1) is 0 Å². The Morgan fingerprint density at radius 2 is 2.10 bits per heavy atom. The van der Waals surface area contributed by atoms with Crippen LogP contribution in [0.1, 0.15) is 26.3 Å². The van der Waals surface area contributed by atoms with Crippen LogP contribution >= 0.6 is 11.6 Å². The number of carbonyl (C=O) groups excluding carboxylic acids is 1. The van der Waals surface area contributed by atoms with Crippen molar-refractivity contribution in [3.05, 3.63) is 28.8 Å². The summed E-state index contributed by atoms with van der Waals surface area (Å²) in [5.74, 6) is 0.364. The summed E-state index contributed by atoms with van der Waals surface area (Å²) in [5, 5.41) is 13.1. The maximum atomic E-state index is 11.7. The Labute approximate surface area is 125 Å². The van der Waals surface area contributed by atoms with E-state index in [-0.39, 0.29) is 24.5 Å². The molecule has 0 aliphatic carbocycles. The van der Waals surface area contributed by atoms with Gasteiger partial charge in [0.2, 0.25) is 0 Å². The number of halogens is 1. The van der Waals surface area contributed by atoms with Crippen molar-refractivity contribution in [2.45, 2.75) is 33.8 Å². The van der Waals surface area contributed by atoms with Crippen molar-refractivity contribution in [1.29, 1.82) is 0 Å². The molecule has 0 aliphatic rings. The molecule has 4 nitrogen and oxygen atoms in total. The molecule has 0 radical (unpaired) electrons. The Hall–Kier alpha value is -1.26. The van der Waals surface area contributed by atoms with Gasteiger partial charge in [0.05, 0.1) is 6.10 Å². The summed E-state index contributed by atoms with van der Waals surface area (Å²) < 4.78 is 5.42. The SMILES string of the molecule is Cc1cc(Cl)ccc1OCC(=O)NCC(O)C(C)(C)C. The highest BCUT2D eigenvalue weighted by Gasteiger charge is 2.22. The van der Waals surface area contributed by atoms with Gasteiger partial charge < -0.3 is 15.2 Å². The van der Waals surface area contributed by atoms with E-state index < -0.39 is 6.10 Å². The molecular formula is C15H22ClNO3. The van der Waals surface area contributed by atoms with Crippen molar-refractivity contribution in [1.82, 2.24) is 5.32 Å². The number of ether oxygens (including phenoxy) is 1. The number of nitrogens with one attached hydrogen (secondary N) is 1. The smallest absolute Gasteiger partial charge is 0.258 e. The van der Waals surface area contributed by atoms with Crippen molar-refractivity contribution >= 4 is 17.5 Å². The second-order valence-electron chi connectivity index (χ2n) is 5.88. The van der Waals surface area contributed by atoms with Crippen LogP contribution in [-0.2, 0) is 4.79 Å². The lowest BCUT2D eigenvalue weighted by atomic mass is 9.89. The van der Waals surface area contributed by atoms with Crippen LogP contribution < -0.4 is 10.1 Å². The summed E-state index contributed by atoms with van der Waals surface area (Å²) >= 11 is 5.84. The molecule has 112 valence electrons. The summed E-state index contributed by atoms with van der Waals surface area (Å²) in [4.78, 5) is 11.7. The number of carbonyl (C=O) groups is 1. The van der Waals surface area contributed by atoms with Gasteiger partial charge in [0.15, 0.2) is 6.61 Å². The number of benzene rings is 1. The maximum Gasteiger partial charge on any atom is 0.258 e. The molecular weight excluding hydrogens is 278 g/mol.